The summed E-state index contributed by atoms with van der Waals surface area (Å²) < 4.78 is 25.5. The van der Waals surface area contributed by atoms with E-state index in [9.17, 15) is 4.39 Å². The van der Waals surface area contributed by atoms with Crippen molar-refractivity contribution in [2.24, 2.45) is 0 Å². The molecule has 40 heavy (non-hydrogen) atoms. The van der Waals surface area contributed by atoms with Crippen LogP contribution in [0, 0.1) is 0 Å². The third-order valence-electron chi connectivity index (χ3n) is 7.27. The monoisotopic (exact) mass is 548 g/mol. The van der Waals surface area contributed by atoms with Crippen molar-refractivity contribution in [3.8, 4) is 34.0 Å². The molecule has 0 aliphatic rings. The molecule has 5 heteroatoms. The van der Waals surface area contributed by atoms with Gasteiger partial charge in [-0.3, -0.25) is 0 Å². The molecule has 3 aromatic rings. The van der Waals surface area contributed by atoms with Crippen molar-refractivity contribution < 1.29 is 13.9 Å². The van der Waals surface area contributed by atoms with Gasteiger partial charge in [-0.2, -0.15) is 0 Å². The van der Waals surface area contributed by atoms with Crippen LogP contribution in [0.3, 0.4) is 0 Å². The highest BCUT2D eigenvalue weighted by Crippen LogP contribution is 2.24. The molecular weight excluding hydrogens is 499 g/mol. The zero-order valence-corrected chi connectivity index (χ0v) is 24.8. The van der Waals surface area contributed by atoms with Crippen molar-refractivity contribution in [1.82, 2.24) is 9.97 Å². The average Bonchev–Trinajstić information content (AvgIpc) is 3.00. The van der Waals surface area contributed by atoms with Gasteiger partial charge in [-0.1, -0.05) is 103 Å². The summed E-state index contributed by atoms with van der Waals surface area (Å²) in [4.78, 5) is 9.12. The fraction of sp³-hybridized carbons (Fsp3) is 0.543. The molecule has 0 amide bonds. The van der Waals surface area contributed by atoms with Gasteiger partial charge in [0.2, 0.25) is 0 Å². The first-order valence-electron chi connectivity index (χ1n) is 15.6. The second-order valence-corrected chi connectivity index (χ2v) is 10.8. The molecule has 0 saturated heterocycles. The molecule has 0 spiro atoms. The molecule has 1 aromatic heterocycles. The van der Waals surface area contributed by atoms with E-state index in [1.807, 2.05) is 48.8 Å². The van der Waals surface area contributed by atoms with E-state index >= 15 is 0 Å². The number of ether oxygens (including phenoxy) is 2. The predicted molar refractivity (Wildman–Crippen MR) is 165 cm³/mol. The molecule has 0 radical (unpaired) electrons. The highest BCUT2D eigenvalue weighted by atomic mass is 19.1. The van der Waals surface area contributed by atoms with Gasteiger partial charge in [0.1, 0.15) is 24.3 Å². The van der Waals surface area contributed by atoms with Crippen molar-refractivity contribution in [1.29, 1.82) is 0 Å². The quantitative estimate of drug-likeness (QED) is 0.124. The largest absolute Gasteiger partial charge is 0.494 e. The van der Waals surface area contributed by atoms with E-state index in [2.05, 4.69) is 35.9 Å². The number of aromatic nitrogens is 2. The number of benzene rings is 2. The van der Waals surface area contributed by atoms with Gasteiger partial charge in [0.15, 0.2) is 5.82 Å². The molecule has 0 bridgehead atoms. The Labute approximate surface area is 241 Å². The Bertz CT molecular complexity index is 1040. The number of alkyl halides is 1. The van der Waals surface area contributed by atoms with E-state index in [0.29, 0.717) is 18.0 Å². The Hall–Kier alpha value is -2.95. The smallest absolute Gasteiger partial charge is 0.159 e. The maximum Gasteiger partial charge on any atom is 0.159 e. The molecule has 0 aliphatic carbocycles. The number of hydrogen-bond acceptors (Lipinski definition) is 4. The van der Waals surface area contributed by atoms with Crippen molar-refractivity contribution in [2.45, 2.75) is 110 Å². The normalized spacial score (nSPS) is 11.9. The molecule has 0 saturated carbocycles. The second-order valence-electron chi connectivity index (χ2n) is 10.8. The van der Waals surface area contributed by atoms with Gasteiger partial charge in [-0.15, -0.1) is 0 Å². The third kappa shape index (κ3) is 12.1. The van der Waals surface area contributed by atoms with Gasteiger partial charge >= 0.3 is 0 Å². The molecule has 1 heterocycles. The maximum absolute atomic E-state index is 14.0. The lowest BCUT2D eigenvalue weighted by molar-refractivity contribution is 0.184. The zero-order chi connectivity index (χ0) is 28.3. The molecule has 1 unspecified atom stereocenters. The summed E-state index contributed by atoms with van der Waals surface area (Å²) in [6.45, 7) is 5.25. The SMILES string of the molecule is CCCCCCCCCCCCOc1ccc(-c2cnc(-c3ccc(OCC(F)CCCCC)cc3)nc2)cc1. The molecule has 0 N–H and O–H groups in total. The molecule has 4 nitrogen and oxygen atoms in total. The van der Waals surface area contributed by atoms with E-state index < -0.39 is 6.17 Å². The number of rotatable bonds is 21. The lowest BCUT2D eigenvalue weighted by Crippen LogP contribution is -2.12. The standard InChI is InChI=1S/C35H49FN2O2/c1-3-5-7-8-9-10-11-12-13-15-25-39-33-21-17-29(18-22-33)31-26-37-35(38-27-31)30-19-23-34(24-20-30)40-28-32(36)16-14-6-4-2/h17-24,26-27,32H,3-16,25,28H2,1-2H3. The summed E-state index contributed by atoms with van der Waals surface area (Å²) in [5.74, 6) is 2.21. The van der Waals surface area contributed by atoms with Crippen LogP contribution in [0.25, 0.3) is 22.5 Å². The van der Waals surface area contributed by atoms with Crippen molar-refractivity contribution in [3.05, 3.63) is 60.9 Å². The average molecular weight is 549 g/mol. The summed E-state index contributed by atoms with van der Waals surface area (Å²) in [7, 11) is 0. The van der Waals surface area contributed by atoms with Crippen LogP contribution in [0.2, 0.25) is 0 Å². The first-order chi connectivity index (χ1) is 19.7. The van der Waals surface area contributed by atoms with Gasteiger partial charge in [-0.25, -0.2) is 14.4 Å². The number of hydrogen-bond donors (Lipinski definition) is 0. The van der Waals surface area contributed by atoms with E-state index in [0.717, 1.165) is 54.7 Å². The topological polar surface area (TPSA) is 44.2 Å². The first kappa shape index (κ1) is 31.6. The fourth-order valence-electron chi connectivity index (χ4n) is 4.74. The minimum atomic E-state index is -0.924. The Morgan fingerprint density at radius 1 is 0.575 bits per heavy atom. The van der Waals surface area contributed by atoms with E-state index in [-0.39, 0.29) is 6.61 Å². The van der Waals surface area contributed by atoms with Crippen molar-refractivity contribution >= 4 is 0 Å². The fourth-order valence-corrected chi connectivity index (χ4v) is 4.74. The Morgan fingerprint density at radius 2 is 1.07 bits per heavy atom. The van der Waals surface area contributed by atoms with Gasteiger partial charge in [0.05, 0.1) is 6.61 Å². The van der Waals surface area contributed by atoms with Crippen LogP contribution >= 0.6 is 0 Å². The van der Waals surface area contributed by atoms with Gasteiger partial charge in [0, 0.05) is 23.5 Å². The van der Waals surface area contributed by atoms with Crippen molar-refractivity contribution in [2.75, 3.05) is 13.2 Å². The zero-order valence-electron chi connectivity index (χ0n) is 24.8. The number of nitrogens with zero attached hydrogens (tertiary/aromatic N) is 2. The third-order valence-corrected chi connectivity index (χ3v) is 7.27. The molecule has 3 rings (SSSR count). The summed E-state index contributed by atoms with van der Waals surface area (Å²) in [6, 6.07) is 15.7. The summed E-state index contributed by atoms with van der Waals surface area (Å²) in [6.07, 6.45) is 19.7. The minimum Gasteiger partial charge on any atom is -0.494 e. The summed E-state index contributed by atoms with van der Waals surface area (Å²) >= 11 is 0. The maximum atomic E-state index is 14.0. The Balaban J connectivity index is 1.36. The minimum absolute atomic E-state index is 0.0946. The molecule has 218 valence electrons. The molecule has 0 fully saturated rings. The van der Waals surface area contributed by atoms with Crippen LogP contribution in [0.1, 0.15) is 104 Å². The summed E-state index contributed by atoms with van der Waals surface area (Å²) in [5.41, 5.74) is 2.91. The van der Waals surface area contributed by atoms with Crippen LogP contribution in [-0.2, 0) is 0 Å². The molecule has 0 aliphatic heterocycles. The molecule has 1 atom stereocenters. The number of unbranched alkanes of at least 4 members (excludes halogenated alkanes) is 11. The number of halogens is 1. The highest BCUT2D eigenvalue weighted by molar-refractivity contribution is 5.64. The Kier molecular flexibility index (Phi) is 15.1. The summed E-state index contributed by atoms with van der Waals surface area (Å²) in [5, 5.41) is 0. The van der Waals surface area contributed by atoms with Crippen LogP contribution in [0.4, 0.5) is 4.39 Å². The first-order valence-corrected chi connectivity index (χ1v) is 15.6. The van der Waals surface area contributed by atoms with Gasteiger partial charge < -0.3 is 9.47 Å². The van der Waals surface area contributed by atoms with Crippen molar-refractivity contribution in [3.63, 3.8) is 0 Å². The van der Waals surface area contributed by atoms with Gasteiger partial charge in [-0.05, 0) is 54.8 Å². The Morgan fingerprint density at radius 3 is 1.68 bits per heavy atom. The van der Waals surface area contributed by atoms with Crippen LogP contribution in [0.5, 0.6) is 11.5 Å². The lowest BCUT2D eigenvalue weighted by atomic mass is 10.1. The lowest BCUT2D eigenvalue weighted by Gasteiger charge is -2.11. The van der Waals surface area contributed by atoms with E-state index in [4.69, 9.17) is 9.47 Å². The van der Waals surface area contributed by atoms with Crippen LogP contribution < -0.4 is 9.47 Å². The second kappa shape index (κ2) is 19.2. The van der Waals surface area contributed by atoms with Gasteiger partial charge in [0.25, 0.3) is 0 Å². The molecular formula is C35H49FN2O2. The predicted octanol–water partition coefficient (Wildman–Crippen LogP) is 10.4. The van der Waals surface area contributed by atoms with Crippen LogP contribution in [-0.4, -0.2) is 29.4 Å². The van der Waals surface area contributed by atoms with E-state index in [1.54, 1.807) is 0 Å². The van der Waals surface area contributed by atoms with Crippen LogP contribution in [0.15, 0.2) is 60.9 Å². The highest BCUT2D eigenvalue weighted by Gasteiger charge is 2.08. The van der Waals surface area contributed by atoms with E-state index in [1.165, 1.54) is 57.8 Å². The molecule has 2 aromatic carbocycles.